The van der Waals surface area contributed by atoms with Crippen molar-refractivity contribution < 1.29 is 22.7 Å². The summed E-state index contributed by atoms with van der Waals surface area (Å²) in [7, 11) is 0. The van der Waals surface area contributed by atoms with E-state index in [1.807, 2.05) is 13.0 Å². The predicted octanol–water partition coefficient (Wildman–Crippen LogP) is 4.50. The maximum absolute atomic E-state index is 13.8. The van der Waals surface area contributed by atoms with Crippen LogP contribution in [0.5, 0.6) is 5.88 Å². The Kier molecular flexibility index (Phi) is 5.90. The number of hydrogen-bond donors (Lipinski definition) is 0. The minimum atomic E-state index is -4.47. The number of nitrogens with zero attached hydrogens (tertiary/aromatic N) is 5. The highest BCUT2D eigenvalue weighted by Crippen LogP contribution is 2.45. The molecule has 1 saturated heterocycles. The summed E-state index contributed by atoms with van der Waals surface area (Å²) in [6.07, 6.45) is 1.54. The number of carbonyl (C=O) groups is 1. The quantitative estimate of drug-likeness (QED) is 0.532. The minimum absolute atomic E-state index is 0.0415. The molecule has 7 nitrogen and oxygen atoms in total. The van der Waals surface area contributed by atoms with Crippen LogP contribution in [-0.4, -0.2) is 49.9 Å². The van der Waals surface area contributed by atoms with Crippen LogP contribution >= 0.6 is 0 Å². The molecule has 3 aromatic rings. The van der Waals surface area contributed by atoms with Crippen molar-refractivity contribution >= 4 is 5.91 Å². The molecule has 10 heteroatoms. The molecule has 2 unspecified atom stereocenters. The van der Waals surface area contributed by atoms with E-state index in [2.05, 4.69) is 19.9 Å². The smallest absolute Gasteiger partial charge is 0.418 e. The maximum atomic E-state index is 13.8. The molecule has 4 heterocycles. The summed E-state index contributed by atoms with van der Waals surface area (Å²) in [4.78, 5) is 32.5. The molecule has 182 valence electrons. The van der Waals surface area contributed by atoms with Crippen LogP contribution in [0, 0.1) is 25.7 Å². The summed E-state index contributed by atoms with van der Waals surface area (Å²) in [6, 6.07) is 6.38. The Morgan fingerprint density at radius 3 is 2.57 bits per heavy atom. The van der Waals surface area contributed by atoms with Crippen molar-refractivity contribution in [2.75, 3.05) is 13.2 Å². The molecule has 0 radical (unpaired) electrons. The molecular formula is C25H24F3N5O2. The topological polar surface area (TPSA) is 81.1 Å². The SMILES string of the molecule is Cc1ccc(-c2ncccn2)c(C(=O)N2CC3CCC3[C@H]2COc2cc(C)c(C(F)(F)F)cn2)n1. The molecule has 3 aromatic heterocycles. The fourth-order valence-electron chi connectivity index (χ4n) is 4.95. The van der Waals surface area contributed by atoms with E-state index in [4.69, 9.17) is 4.74 Å². The van der Waals surface area contributed by atoms with Gasteiger partial charge in [0.2, 0.25) is 5.88 Å². The average Bonchev–Trinajstić information content (AvgIpc) is 3.06. The number of amides is 1. The van der Waals surface area contributed by atoms with E-state index in [0.29, 0.717) is 29.5 Å². The van der Waals surface area contributed by atoms with Crippen molar-refractivity contribution in [2.45, 2.75) is 38.9 Å². The first-order valence-corrected chi connectivity index (χ1v) is 11.4. The van der Waals surface area contributed by atoms with Gasteiger partial charge in [-0.05, 0) is 62.3 Å². The largest absolute Gasteiger partial charge is 0.475 e. The molecule has 0 spiro atoms. The molecule has 0 N–H and O–H groups in total. The highest BCUT2D eigenvalue weighted by Gasteiger charge is 2.49. The molecule has 1 aliphatic carbocycles. The molecule has 0 bridgehead atoms. The first kappa shape index (κ1) is 23.2. The number of aryl methyl sites for hydroxylation is 2. The average molecular weight is 483 g/mol. The molecule has 2 fully saturated rings. The van der Waals surface area contributed by atoms with E-state index in [1.54, 1.807) is 29.4 Å². The number of hydrogen-bond acceptors (Lipinski definition) is 6. The van der Waals surface area contributed by atoms with Gasteiger partial charge in [0.15, 0.2) is 5.82 Å². The molecular weight excluding hydrogens is 459 g/mol. The Morgan fingerprint density at radius 1 is 1.14 bits per heavy atom. The number of fused-ring (bicyclic) bond motifs is 1. The zero-order valence-corrected chi connectivity index (χ0v) is 19.3. The van der Waals surface area contributed by atoms with Crippen LogP contribution in [0.2, 0.25) is 0 Å². The zero-order valence-electron chi connectivity index (χ0n) is 19.3. The third-order valence-corrected chi connectivity index (χ3v) is 6.90. The summed E-state index contributed by atoms with van der Waals surface area (Å²) in [6.45, 7) is 3.93. The summed E-state index contributed by atoms with van der Waals surface area (Å²) >= 11 is 0. The lowest BCUT2D eigenvalue weighted by atomic mass is 9.73. The zero-order chi connectivity index (χ0) is 24.7. The molecule has 1 amide bonds. The van der Waals surface area contributed by atoms with Gasteiger partial charge in [0.25, 0.3) is 5.91 Å². The van der Waals surface area contributed by atoms with Gasteiger partial charge in [-0.15, -0.1) is 0 Å². The number of carbonyl (C=O) groups excluding carboxylic acids is 1. The monoisotopic (exact) mass is 483 g/mol. The van der Waals surface area contributed by atoms with Gasteiger partial charge in [-0.1, -0.05) is 0 Å². The maximum Gasteiger partial charge on any atom is 0.418 e. The third kappa shape index (κ3) is 4.44. The van der Waals surface area contributed by atoms with E-state index in [0.717, 1.165) is 19.0 Å². The molecule has 0 aromatic carbocycles. The number of rotatable bonds is 5. The van der Waals surface area contributed by atoms with Gasteiger partial charge in [0.1, 0.15) is 12.3 Å². The normalized spacial score (nSPS) is 21.4. The highest BCUT2D eigenvalue weighted by molar-refractivity contribution is 5.98. The first-order valence-electron chi connectivity index (χ1n) is 11.4. The van der Waals surface area contributed by atoms with Gasteiger partial charge < -0.3 is 9.64 Å². The van der Waals surface area contributed by atoms with Crippen LogP contribution in [0.15, 0.2) is 42.9 Å². The molecule has 3 atom stereocenters. The van der Waals surface area contributed by atoms with Crippen molar-refractivity contribution in [1.29, 1.82) is 0 Å². The van der Waals surface area contributed by atoms with Crippen molar-refractivity contribution in [3.05, 3.63) is 65.4 Å². The fourth-order valence-corrected chi connectivity index (χ4v) is 4.95. The second kappa shape index (κ2) is 8.90. The molecule has 35 heavy (non-hydrogen) atoms. The number of alkyl halides is 3. The van der Waals surface area contributed by atoms with Gasteiger partial charge >= 0.3 is 6.18 Å². The lowest BCUT2D eigenvalue weighted by Crippen LogP contribution is -2.43. The summed E-state index contributed by atoms with van der Waals surface area (Å²) < 4.78 is 45.0. The second-order valence-electron chi connectivity index (χ2n) is 9.09. The van der Waals surface area contributed by atoms with Crippen molar-refractivity contribution in [3.63, 3.8) is 0 Å². The Labute approximate surface area is 200 Å². The van der Waals surface area contributed by atoms with E-state index in [9.17, 15) is 18.0 Å². The number of halogens is 3. The van der Waals surface area contributed by atoms with E-state index in [-0.39, 0.29) is 41.6 Å². The lowest BCUT2D eigenvalue weighted by molar-refractivity contribution is -0.138. The Bertz CT molecular complexity index is 1250. The Hall–Kier alpha value is -3.56. The summed E-state index contributed by atoms with van der Waals surface area (Å²) in [5, 5.41) is 0. The van der Waals surface area contributed by atoms with E-state index in [1.165, 1.54) is 13.0 Å². The summed E-state index contributed by atoms with van der Waals surface area (Å²) in [5.41, 5.74) is 0.793. The van der Waals surface area contributed by atoms with Gasteiger partial charge in [-0.3, -0.25) is 4.79 Å². The highest BCUT2D eigenvalue weighted by atomic mass is 19.4. The fraction of sp³-hybridized carbons (Fsp3) is 0.400. The van der Waals surface area contributed by atoms with Gasteiger partial charge in [-0.25, -0.2) is 19.9 Å². The van der Waals surface area contributed by atoms with E-state index >= 15 is 0 Å². The molecule has 2 aliphatic rings. The van der Waals surface area contributed by atoms with Crippen molar-refractivity contribution in [3.8, 4) is 17.3 Å². The standard InChI is InChI=1S/C25H24F3N5O2/c1-14-10-21(31-11-19(14)25(26,27)28)35-13-20-17-7-5-16(17)12-33(20)24(34)22-18(6-4-15(2)32-22)23-29-8-3-9-30-23/h3-4,6,8-11,16-17,20H,5,7,12-13H2,1-2H3/t16?,17?,20-/m1/s1. The molecule has 1 aliphatic heterocycles. The summed E-state index contributed by atoms with van der Waals surface area (Å²) in [5.74, 6) is 0.947. The van der Waals surface area contributed by atoms with Gasteiger partial charge in [0, 0.05) is 36.9 Å². The molecule has 1 saturated carbocycles. The number of pyridine rings is 2. The molecule has 5 rings (SSSR count). The second-order valence-corrected chi connectivity index (χ2v) is 9.09. The van der Waals surface area contributed by atoms with Crippen LogP contribution in [0.25, 0.3) is 11.4 Å². The third-order valence-electron chi connectivity index (χ3n) is 6.90. The van der Waals surface area contributed by atoms with Crippen LogP contribution in [0.1, 0.15) is 40.2 Å². The van der Waals surface area contributed by atoms with Crippen LogP contribution < -0.4 is 4.74 Å². The predicted molar refractivity (Wildman–Crippen MR) is 121 cm³/mol. The van der Waals surface area contributed by atoms with Crippen LogP contribution in [0.3, 0.4) is 0 Å². The minimum Gasteiger partial charge on any atom is -0.475 e. The van der Waals surface area contributed by atoms with Crippen molar-refractivity contribution in [1.82, 2.24) is 24.8 Å². The Balaban J connectivity index is 1.39. The van der Waals surface area contributed by atoms with Gasteiger partial charge in [0.05, 0.1) is 17.2 Å². The number of ether oxygens (including phenoxy) is 1. The number of aromatic nitrogens is 4. The lowest BCUT2D eigenvalue weighted by Gasteiger charge is -2.33. The van der Waals surface area contributed by atoms with Crippen molar-refractivity contribution in [2.24, 2.45) is 11.8 Å². The first-order chi connectivity index (χ1) is 16.7. The number of likely N-dealkylation sites (tertiary alicyclic amines) is 1. The van der Waals surface area contributed by atoms with E-state index < -0.39 is 11.7 Å². The van der Waals surface area contributed by atoms with Crippen LogP contribution in [-0.2, 0) is 6.18 Å². The Morgan fingerprint density at radius 2 is 1.91 bits per heavy atom. The van der Waals surface area contributed by atoms with Gasteiger partial charge in [-0.2, -0.15) is 13.2 Å². The van der Waals surface area contributed by atoms with Crippen LogP contribution in [0.4, 0.5) is 13.2 Å².